The van der Waals surface area contributed by atoms with Gasteiger partial charge in [0.05, 0.1) is 40.0 Å². The predicted molar refractivity (Wildman–Crippen MR) is 201 cm³/mol. The topological polar surface area (TPSA) is 138 Å². The first kappa shape index (κ1) is 37.0. The van der Waals surface area contributed by atoms with Crippen molar-refractivity contribution in [1.82, 2.24) is 15.6 Å². The fourth-order valence-corrected chi connectivity index (χ4v) is 7.99. The first-order valence-electron chi connectivity index (χ1n) is 18.1. The van der Waals surface area contributed by atoms with Crippen molar-refractivity contribution in [3.8, 4) is 0 Å². The maximum Gasteiger partial charge on any atom is 0.408 e. The Morgan fingerprint density at radius 3 is 2.59 bits per heavy atom. The van der Waals surface area contributed by atoms with Crippen LogP contribution in [0.3, 0.4) is 0 Å². The van der Waals surface area contributed by atoms with Crippen molar-refractivity contribution in [2.24, 2.45) is 27.5 Å². The molecule has 7 atom stereocenters. The number of nitrogens with zero attached hydrogens (tertiary/aromatic N) is 2. The molecule has 1 aliphatic carbocycles. The number of amides is 2. The average Bonchev–Trinajstić information content (AvgIpc) is 3.85. The van der Waals surface area contributed by atoms with Crippen LogP contribution in [0.2, 0.25) is 10.0 Å². The van der Waals surface area contributed by atoms with Crippen LogP contribution in [0.4, 0.5) is 4.79 Å². The lowest BCUT2D eigenvalue weighted by molar-refractivity contribution is -0.133. The molecule has 0 radical (unpaired) electrons. The van der Waals surface area contributed by atoms with E-state index in [0.29, 0.717) is 48.6 Å². The highest BCUT2D eigenvalue weighted by Crippen LogP contribution is 2.44. The summed E-state index contributed by atoms with van der Waals surface area (Å²) in [5, 5.41) is 16.8. The summed E-state index contributed by atoms with van der Waals surface area (Å²) in [4.78, 5) is 44.8. The van der Waals surface area contributed by atoms with E-state index < -0.39 is 17.6 Å². The summed E-state index contributed by atoms with van der Waals surface area (Å²) >= 11 is 13.1. The van der Waals surface area contributed by atoms with E-state index in [-0.39, 0.29) is 54.8 Å². The lowest BCUT2D eigenvalue weighted by Gasteiger charge is -2.38. The molecule has 1 saturated heterocycles. The van der Waals surface area contributed by atoms with E-state index in [0.717, 1.165) is 39.9 Å². The van der Waals surface area contributed by atoms with Crippen molar-refractivity contribution in [3.63, 3.8) is 0 Å². The summed E-state index contributed by atoms with van der Waals surface area (Å²) < 4.78 is 11.2. The Balaban J connectivity index is 1.21. The molecule has 1 aromatic heterocycles. The number of rotatable bonds is 15. The Morgan fingerprint density at radius 2 is 1.84 bits per heavy atom. The molecule has 2 amide bonds. The highest BCUT2D eigenvalue weighted by atomic mass is 35.5. The van der Waals surface area contributed by atoms with Crippen LogP contribution in [0.5, 0.6) is 0 Å². The molecule has 51 heavy (non-hydrogen) atoms. The third-order valence-electron chi connectivity index (χ3n) is 11.0. The average molecular weight is 737 g/mol. The van der Waals surface area contributed by atoms with Crippen molar-refractivity contribution in [1.29, 1.82) is 0 Å². The predicted octanol–water partition coefficient (Wildman–Crippen LogP) is 7.77. The molecule has 0 bridgehead atoms. The Hall–Kier alpha value is -3.73. The largest absolute Gasteiger partial charge is 0.445 e. The monoisotopic (exact) mass is 735 g/mol. The molecule has 3 aromatic rings. The minimum absolute atomic E-state index is 0.0797. The normalized spacial score (nSPS) is 22.9. The van der Waals surface area contributed by atoms with Gasteiger partial charge in [0, 0.05) is 22.5 Å². The zero-order valence-corrected chi connectivity index (χ0v) is 31.2. The third-order valence-corrected chi connectivity index (χ3v) is 11.5. The number of carbonyl (C=O) groups is 3. The van der Waals surface area contributed by atoms with E-state index in [1.165, 1.54) is 0 Å². The number of Topliss-reactive ketones (excluding diaryl/α,β-unsaturated/α-hetero) is 1. The second-order valence-corrected chi connectivity index (χ2v) is 15.2. The fraction of sp³-hybridized carbons (Fsp3) is 0.513. The van der Waals surface area contributed by atoms with Gasteiger partial charge in [0.15, 0.2) is 5.78 Å². The number of fused-ring (bicyclic) bond motifs is 4. The van der Waals surface area contributed by atoms with Crippen molar-refractivity contribution >= 4 is 63.8 Å². The Bertz CT molecular complexity index is 1830. The fourth-order valence-electron chi connectivity index (χ4n) is 7.45. The van der Waals surface area contributed by atoms with Crippen LogP contribution in [0.1, 0.15) is 83.0 Å². The van der Waals surface area contributed by atoms with Gasteiger partial charge in [0.25, 0.3) is 0 Å². The van der Waals surface area contributed by atoms with Crippen LogP contribution < -0.4 is 10.6 Å². The van der Waals surface area contributed by atoms with E-state index in [1.807, 2.05) is 50.2 Å². The quantitative estimate of drug-likeness (QED) is 0.137. The first-order valence-corrected chi connectivity index (χ1v) is 18.8. The van der Waals surface area contributed by atoms with Gasteiger partial charge in [0.2, 0.25) is 5.91 Å². The number of hydrogen-bond acceptors (Lipinski definition) is 7. The van der Waals surface area contributed by atoms with Crippen molar-refractivity contribution in [2.45, 2.75) is 110 Å². The van der Waals surface area contributed by atoms with Crippen molar-refractivity contribution in [3.05, 3.63) is 69.3 Å². The zero-order valence-electron chi connectivity index (χ0n) is 29.6. The molecule has 2 aromatic carbocycles. The van der Waals surface area contributed by atoms with Gasteiger partial charge >= 0.3 is 6.09 Å². The van der Waals surface area contributed by atoms with Gasteiger partial charge in [-0.2, -0.15) is 10.2 Å². The molecule has 2 aliphatic heterocycles. The number of nitrogens with one attached hydrogen (secondary N) is 3. The van der Waals surface area contributed by atoms with E-state index in [1.54, 1.807) is 12.3 Å². The summed E-state index contributed by atoms with van der Waals surface area (Å²) in [6.45, 7) is 8.25. The number of benzene rings is 2. The van der Waals surface area contributed by atoms with Crippen LogP contribution in [-0.4, -0.2) is 59.0 Å². The van der Waals surface area contributed by atoms with Crippen LogP contribution in [0.25, 0.3) is 10.9 Å². The zero-order chi connectivity index (χ0) is 36.3. The number of ketones is 1. The molecule has 0 saturated carbocycles. The molecule has 1 fully saturated rings. The van der Waals surface area contributed by atoms with E-state index in [4.69, 9.17) is 32.7 Å². The minimum Gasteiger partial charge on any atom is -0.445 e. The van der Waals surface area contributed by atoms with Gasteiger partial charge in [0.1, 0.15) is 18.8 Å². The number of hydrogen-bond donors (Lipinski definition) is 3. The number of ether oxygens (including phenoxy) is 2. The Kier molecular flexibility index (Phi) is 11.5. The van der Waals surface area contributed by atoms with Crippen molar-refractivity contribution < 1.29 is 23.9 Å². The number of carbonyl (C=O) groups excluding carboxylic acids is 3. The summed E-state index contributed by atoms with van der Waals surface area (Å²) in [5.74, 6) is -0.162. The molecule has 10 nitrogen and oxygen atoms in total. The number of H-pyrrole nitrogens is 1. The summed E-state index contributed by atoms with van der Waals surface area (Å²) in [6, 6.07) is 12.0. The van der Waals surface area contributed by atoms with Gasteiger partial charge in [-0.1, -0.05) is 94.1 Å². The molecule has 3 aliphatic rings. The number of aryl methyl sites for hydroxylation is 1. The van der Waals surface area contributed by atoms with Crippen LogP contribution in [0.15, 0.2) is 52.7 Å². The molecule has 12 heteroatoms. The van der Waals surface area contributed by atoms with E-state index in [2.05, 4.69) is 39.7 Å². The second-order valence-electron chi connectivity index (χ2n) is 14.4. The highest BCUT2D eigenvalue weighted by molar-refractivity contribution is 6.38. The second kappa shape index (κ2) is 15.9. The van der Waals surface area contributed by atoms with Crippen LogP contribution >= 0.6 is 23.2 Å². The number of halogens is 2. The van der Waals surface area contributed by atoms with Crippen LogP contribution in [0, 0.1) is 17.3 Å². The van der Waals surface area contributed by atoms with Gasteiger partial charge in [-0.25, -0.2) is 4.79 Å². The maximum atomic E-state index is 14.7. The number of aromatic nitrogens is 1. The molecule has 3 N–H and O–H groups in total. The lowest BCUT2D eigenvalue weighted by atomic mass is 9.68. The summed E-state index contributed by atoms with van der Waals surface area (Å²) in [7, 11) is 0. The molecule has 272 valence electrons. The Labute approximate surface area is 309 Å². The van der Waals surface area contributed by atoms with E-state index >= 15 is 0 Å². The molecule has 6 rings (SSSR count). The Morgan fingerprint density at radius 1 is 1.08 bits per heavy atom. The van der Waals surface area contributed by atoms with Crippen LogP contribution in [-0.2, 0) is 38.5 Å². The summed E-state index contributed by atoms with van der Waals surface area (Å²) in [5.41, 5.74) is 3.66. The SMILES string of the molecule is CCC(C)[C@H](NC(=O)OCc1ccccc1)C(=O)CCC[C@@]1(C(=O)N[C@H](C2=NN=CC3OC23)C(C)CC)CCc2[nH]c3c(Cl)cc(Cl)cc3c2C1. The first-order chi connectivity index (χ1) is 24.5. The van der Waals surface area contributed by atoms with Gasteiger partial charge in [-0.05, 0) is 67.2 Å². The summed E-state index contributed by atoms with van der Waals surface area (Å²) in [6.07, 6.45) is 5.14. The maximum absolute atomic E-state index is 14.7. The van der Waals surface area contributed by atoms with Gasteiger partial charge in [-0.15, -0.1) is 0 Å². The van der Waals surface area contributed by atoms with E-state index in [9.17, 15) is 14.4 Å². The van der Waals surface area contributed by atoms with Gasteiger partial charge < -0.3 is 25.1 Å². The molecule has 0 spiro atoms. The third kappa shape index (κ3) is 8.18. The standard InChI is InChI=1S/C39H47Cl2N5O5/c1-5-22(3)32(45-38(49)50-21-24-11-8-7-9-12-24)30(47)13-10-15-39(16-14-29-27(19-39)26-17-25(40)18-28(41)34(26)43-29)37(48)44-33(23(4)6-2)35-36-31(51-36)20-42-46-35/h7-9,11-12,17-18,20,22-23,31-33,36,43H,5-6,10,13-16,19,21H2,1-4H3,(H,44,48)(H,45,49)/t22?,23?,31?,32-,33-,36?,39+/m0/s1. The molecule has 3 heterocycles. The minimum atomic E-state index is -0.820. The van der Waals surface area contributed by atoms with Crippen molar-refractivity contribution in [2.75, 3.05) is 0 Å². The molecular formula is C39H47Cl2N5O5. The molecule has 4 unspecified atom stereocenters. The highest BCUT2D eigenvalue weighted by Gasteiger charge is 2.50. The van der Waals surface area contributed by atoms with Gasteiger partial charge in [-0.3, -0.25) is 9.59 Å². The number of epoxide rings is 1. The smallest absolute Gasteiger partial charge is 0.408 e. The molecular weight excluding hydrogens is 689 g/mol. The number of alkyl carbamates (subject to hydrolysis) is 1. The lowest BCUT2D eigenvalue weighted by Crippen LogP contribution is -2.54. The number of aromatic amines is 1.